The quantitative estimate of drug-likeness (QED) is 0.793. The fourth-order valence-electron chi connectivity index (χ4n) is 4.22. The Labute approximate surface area is 120 Å². The van der Waals surface area contributed by atoms with Gasteiger partial charge in [0.05, 0.1) is 11.1 Å². The molecule has 2 atom stereocenters. The Morgan fingerprint density at radius 3 is 2.24 bits per heavy atom. The highest BCUT2D eigenvalue weighted by Crippen LogP contribution is 2.61. The first-order valence-corrected chi connectivity index (χ1v) is 7.39. The van der Waals surface area contributed by atoms with Gasteiger partial charge in [0.25, 0.3) is 0 Å². The molecule has 2 bridgehead atoms. The average Bonchev–Trinajstić information content (AvgIpc) is 3.20. The number of rotatable bonds is 1. The van der Waals surface area contributed by atoms with Gasteiger partial charge in [0.1, 0.15) is 0 Å². The lowest BCUT2D eigenvalue weighted by Crippen LogP contribution is -2.58. The molecule has 0 radical (unpaired) electrons. The number of hydrogen-bond donors (Lipinski definition) is 0. The highest BCUT2D eigenvalue weighted by molar-refractivity contribution is 5.96. The molecule has 0 unspecified atom stereocenters. The van der Waals surface area contributed by atoms with Gasteiger partial charge in [-0.2, -0.15) is 13.2 Å². The van der Waals surface area contributed by atoms with Gasteiger partial charge in [-0.1, -0.05) is 12.1 Å². The summed E-state index contributed by atoms with van der Waals surface area (Å²) in [5.74, 6) is 0.578. The molecule has 0 N–H and O–H groups in total. The van der Waals surface area contributed by atoms with Crippen LogP contribution in [0.1, 0.15) is 36.3 Å². The summed E-state index contributed by atoms with van der Waals surface area (Å²) in [5.41, 5.74) is -0.150. The zero-order valence-electron chi connectivity index (χ0n) is 11.5. The van der Waals surface area contributed by atoms with Crippen LogP contribution in [-0.2, 0) is 11.0 Å². The maximum Gasteiger partial charge on any atom is 0.416 e. The zero-order chi connectivity index (χ0) is 14.8. The second-order valence-corrected chi connectivity index (χ2v) is 6.43. The second-order valence-electron chi connectivity index (χ2n) is 6.43. The number of nitrogens with zero attached hydrogens (tertiary/aromatic N) is 1. The van der Waals surface area contributed by atoms with Crippen molar-refractivity contribution in [1.82, 2.24) is 4.90 Å². The number of carbonyl (C=O) groups is 1. The highest BCUT2D eigenvalue weighted by Gasteiger charge is 2.67. The van der Waals surface area contributed by atoms with Crippen molar-refractivity contribution in [3.8, 4) is 0 Å². The predicted molar refractivity (Wildman–Crippen MR) is 70.8 cm³/mol. The Morgan fingerprint density at radius 1 is 1.10 bits per heavy atom. The van der Waals surface area contributed by atoms with Gasteiger partial charge in [-0.25, -0.2) is 0 Å². The maximum absolute atomic E-state index is 12.6. The third kappa shape index (κ3) is 1.79. The number of halogens is 3. The second kappa shape index (κ2) is 4.09. The molecule has 1 aromatic carbocycles. The van der Waals surface area contributed by atoms with Crippen molar-refractivity contribution in [2.45, 2.75) is 36.9 Å². The number of hydrogen-bond acceptors (Lipinski definition) is 2. The molecule has 4 aliphatic rings. The Bertz CT molecular complexity index is 587. The maximum atomic E-state index is 12.6. The van der Waals surface area contributed by atoms with Crippen LogP contribution in [0.15, 0.2) is 24.3 Å². The van der Waals surface area contributed by atoms with Crippen molar-refractivity contribution in [3.05, 3.63) is 35.4 Å². The third-order valence-electron chi connectivity index (χ3n) is 5.43. The molecule has 1 spiro atoms. The van der Waals surface area contributed by atoms with Crippen LogP contribution in [0.4, 0.5) is 13.2 Å². The first-order chi connectivity index (χ1) is 9.93. The molecule has 3 aliphatic heterocycles. The number of Topliss-reactive ketones (excluding diaryl/α,β-unsaturated/α-hetero) is 1. The molecule has 21 heavy (non-hydrogen) atoms. The van der Waals surface area contributed by atoms with E-state index in [2.05, 4.69) is 4.90 Å². The molecule has 3 heterocycles. The van der Waals surface area contributed by atoms with Gasteiger partial charge in [0, 0.05) is 11.8 Å². The Balaban J connectivity index is 1.61. The van der Waals surface area contributed by atoms with Crippen molar-refractivity contribution in [3.63, 3.8) is 0 Å². The topological polar surface area (TPSA) is 20.3 Å². The fourth-order valence-corrected chi connectivity index (χ4v) is 4.22. The number of ketones is 1. The number of fused-ring (bicyclic) bond motifs is 2. The van der Waals surface area contributed by atoms with Gasteiger partial charge < -0.3 is 0 Å². The summed E-state index contributed by atoms with van der Waals surface area (Å²) in [4.78, 5) is 14.8. The minimum Gasteiger partial charge on any atom is -0.297 e. The molecule has 1 aliphatic carbocycles. The molecule has 5 heteroatoms. The normalized spacial score (nSPS) is 38.0. The summed E-state index contributed by atoms with van der Waals surface area (Å²) in [7, 11) is 0. The minimum atomic E-state index is -4.30. The summed E-state index contributed by atoms with van der Waals surface area (Å²) >= 11 is 0. The van der Waals surface area contributed by atoms with E-state index in [4.69, 9.17) is 0 Å². The van der Waals surface area contributed by atoms with Crippen molar-refractivity contribution in [2.75, 3.05) is 13.1 Å². The SMILES string of the molecule is O=C1C2CCN(CC2)[C@]12C[C@H]2c1ccc(C(F)(F)F)cc1. The standard InChI is InChI=1S/C16H16F3NO/c17-16(18,19)12-3-1-10(2-4-12)13-9-15(13)14(21)11-5-7-20(15)8-6-11/h1-4,11,13H,5-9H2/t13-,15-/m0/s1. The van der Waals surface area contributed by atoms with Crippen LogP contribution in [0, 0.1) is 5.92 Å². The minimum absolute atomic E-state index is 0.0791. The van der Waals surface area contributed by atoms with E-state index >= 15 is 0 Å². The molecule has 2 nitrogen and oxygen atoms in total. The lowest BCUT2D eigenvalue weighted by atomic mass is 9.79. The monoisotopic (exact) mass is 295 g/mol. The number of piperidine rings is 3. The van der Waals surface area contributed by atoms with E-state index in [1.807, 2.05) is 0 Å². The average molecular weight is 295 g/mol. The molecule has 112 valence electrons. The largest absolute Gasteiger partial charge is 0.416 e. The zero-order valence-corrected chi connectivity index (χ0v) is 11.5. The van der Waals surface area contributed by atoms with Crippen molar-refractivity contribution in [1.29, 1.82) is 0 Å². The molecular weight excluding hydrogens is 279 g/mol. The summed E-state index contributed by atoms with van der Waals surface area (Å²) in [6.45, 7) is 1.90. The Morgan fingerprint density at radius 2 is 1.71 bits per heavy atom. The summed E-state index contributed by atoms with van der Waals surface area (Å²) in [6, 6.07) is 5.34. The smallest absolute Gasteiger partial charge is 0.297 e. The van der Waals surface area contributed by atoms with Crippen LogP contribution in [0.3, 0.4) is 0 Å². The first kappa shape index (κ1) is 13.3. The lowest BCUT2D eigenvalue weighted by molar-refractivity contribution is -0.140. The summed E-state index contributed by atoms with van der Waals surface area (Å²) in [5, 5.41) is 0. The van der Waals surface area contributed by atoms with Gasteiger partial charge in [-0.15, -0.1) is 0 Å². The Kier molecular flexibility index (Phi) is 2.60. The van der Waals surface area contributed by atoms with Gasteiger partial charge in [0.2, 0.25) is 0 Å². The summed E-state index contributed by atoms with van der Waals surface area (Å²) < 4.78 is 37.8. The molecule has 3 saturated heterocycles. The van der Waals surface area contributed by atoms with Crippen LogP contribution in [-0.4, -0.2) is 29.3 Å². The van der Waals surface area contributed by atoms with Crippen LogP contribution in [0.5, 0.6) is 0 Å². The van der Waals surface area contributed by atoms with E-state index in [0.29, 0.717) is 5.78 Å². The number of benzene rings is 1. The van der Waals surface area contributed by atoms with Gasteiger partial charge in [-0.3, -0.25) is 9.69 Å². The first-order valence-electron chi connectivity index (χ1n) is 7.39. The lowest BCUT2D eigenvalue weighted by Gasteiger charge is -2.45. The van der Waals surface area contributed by atoms with E-state index in [-0.39, 0.29) is 17.4 Å². The van der Waals surface area contributed by atoms with Crippen LogP contribution in [0.25, 0.3) is 0 Å². The molecule has 1 aromatic rings. The van der Waals surface area contributed by atoms with E-state index in [0.717, 1.165) is 50.0 Å². The molecule has 1 saturated carbocycles. The Hall–Kier alpha value is -1.36. The fraction of sp³-hybridized carbons (Fsp3) is 0.562. The van der Waals surface area contributed by atoms with Gasteiger partial charge in [0.15, 0.2) is 5.78 Å². The van der Waals surface area contributed by atoms with Crippen LogP contribution < -0.4 is 0 Å². The van der Waals surface area contributed by atoms with Crippen LogP contribution in [0.2, 0.25) is 0 Å². The van der Waals surface area contributed by atoms with E-state index < -0.39 is 11.7 Å². The van der Waals surface area contributed by atoms with Crippen LogP contribution >= 0.6 is 0 Å². The summed E-state index contributed by atoms with van der Waals surface area (Å²) in [6.07, 6.45) is -1.64. The van der Waals surface area contributed by atoms with Crippen molar-refractivity contribution in [2.24, 2.45) is 5.92 Å². The van der Waals surface area contributed by atoms with E-state index in [1.165, 1.54) is 0 Å². The molecule has 5 rings (SSSR count). The van der Waals surface area contributed by atoms with E-state index in [9.17, 15) is 18.0 Å². The third-order valence-corrected chi connectivity index (χ3v) is 5.43. The number of alkyl halides is 3. The molecule has 0 amide bonds. The predicted octanol–water partition coefficient (Wildman–Crippen LogP) is 3.23. The van der Waals surface area contributed by atoms with Gasteiger partial charge >= 0.3 is 6.18 Å². The molecule has 0 aromatic heterocycles. The number of carbonyl (C=O) groups excluding carboxylic acids is 1. The van der Waals surface area contributed by atoms with Crippen molar-refractivity contribution < 1.29 is 18.0 Å². The van der Waals surface area contributed by atoms with E-state index in [1.54, 1.807) is 12.1 Å². The molecule has 4 fully saturated rings. The van der Waals surface area contributed by atoms with Crippen molar-refractivity contribution >= 4 is 5.78 Å². The molecular formula is C16H16F3NO. The van der Waals surface area contributed by atoms with Gasteiger partial charge in [-0.05, 0) is 50.0 Å². The highest BCUT2D eigenvalue weighted by atomic mass is 19.4.